The highest BCUT2D eigenvalue weighted by Gasteiger charge is 2.57. The Morgan fingerprint density at radius 2 is 1.67 bits per heavy atom. The van der Waals surface area contributed by atoms with Gasteiger partial charge in [-0.15, -0.1) is 0 Å². The summed E-state index contributed by atoms with van der Waals surface area (Å²) in [5, 5.41) is 10.6. The minimum Gasteiger partial charge on any atom is -0.373 e. The molecule has 2 heterocycles. The highest BCUT2D eigenvalue weighted by Crippen LogP contribution is 2.33. The second-order valence-electron chi connectivity index (χ2n) is 8.56. The number of aliphatic hydroxyl groups is 1. The van der Waals surface area contributed by atoms with Crippen LogP contribution in [0.25, 0.3) is 22.3 Å². The molecule has 1 unspecified atom stereocenters. The second kappa shape index (κ2) is 8.30. The quantitative estimate of drug-likeness (QED) is 0.645. The zero-order valence-electron chi connectivity index (χ0n) is 18.6. The number of piperazine rings is 1. The minimum atomic E-state index is -5.04. The van der Waals surface area contributed by atoms with E-state index in [-0.39, 0.29) is 26.2 Å². The molecular formula is C24H25F3N4O2. The van der Waals surface area contributed by atoms with Crippen molar-refractivity contribution in [1.29, 1.82) is 0 Å². The van der Waals surface area contributed by atoms with Gasteiger partial charge in [0.2, 0.25) is 5.60 Å². The maximum Gasteiger partial charge on any atom is 0.426 e. The summed E-state index contributed by atoms with van der Waals surface area (Å²) in [6.45, 7) is 5.11. The fourth-order valence-corrected chi connectivity index (χ4v) is 3.96. The lowest BCUT2D eigenvalue weighted by molar-refractivity contribution is -0.250. The number of aryl methyl sites for hydroxylation is 2. The molecule has 1 fully saturated rings. The molecule has 6 nitrogen and oxygen atoms in total. The van der Waals surface area contributed by atoms with Crippen LogP contribution in [-0.2, 0) is 4.79 Å². The van der Waals surface area contributed by atoms with E-state index >= 15 is 0 Å². The summed E-state index contributed by atoms with van der Waals surface area (Å²) >= 11 is 0. The number of hydrogen-bond acceptors (Lipinski definition) is 5. The molecule has 0 bridgehead atoms. The maximum atomic E-state index is 13.1. The largest absolute Gasteiger partial charge is 0.426 e. The number of carbonyl (C=O) groups is 1. The van der Waals surface area contributed by atoms with Gasteiger partial charge in [0.15, 0.2) is 5.82 Å². The van der Waals surface area contributed by atoms with Crippen LogP contribution in [0, 0.1) is 13.8 Å². The number of nitrogens with zero attached hydrogens (tertiary/aromatic N) is 4. The van der Waals surface area contributed by atoms with Crippen LogP contribution < -0.4 is 4.90 Å². The fourth-order valence-electron chi connectivity index (χ4n) is 3.96. The van der Waals surface area contributed by atoms with E-state index in [0.717, 1.165) is 32.5 Å². The van der Waals surface area contributed by atoms with E-state index in [1.165, 1.54) is 0 Å². The summed E-state index contributed by atoms with van der Waals surface area (Å²) in [4.78, 5) is 24.9. The number of halogens is 3. The van der Waals surface area contributed by atoms with Gasteiger partial charge in [0.25, 0.3) is 5.91 Å². The van der Waals surface area contributed by atoms with Crippen LogP contribution in [0.2, 0.25) is 0 Å². The zero-order valence-corrected chi connectivity index (χ0v) is 18.6. The zero-order chi connectivity index (χ0) is 24.0. The van der Waals surface area contributed by atoms with Crippen molar-refractivity contribution in [2.24, 2.45) is 0 Å². The normalized spacial score (nSPS) is 16.7. The van der Waals surface area contributed by atoms with Crippen LogP contribution in [0.4, 0.5) is 19.0 Å². The van der Waals surface area contributed by atoms with Gasteiger partial charge in [-0.1, -0.05) is 30.3 Å². The van der Waals surface area contributed by atoms with Gasteiger partial charge in [0.05, 0.1) is 5.52 Å². The van der Waals surface area contributed by atoms with E-state index in [0.29, 0.717) is 18.6 Å². The van der Waals surface area contributed by atoms with Gasteiger partial charge in [-0.3, -0.25) is 4.79 Å². The average Bonchev–Trinajstić information content (AvgIpc) is 2.77. The summed E-state index contributed by atoms with van der Waals surface area (Å²) in [5.41, 5.74) is 0.341. The van der Waals surface area contributed by atoms with Crippen LogP contribution >= 0.6 is 0 Å². The smallest absolute Gasteiger partial charge is 0.373 e. The SMILES string of the molecule is Cc1ccc2c(N3CCN(C(=O)C(C)(O)C(F)(F)F)CC3)nc(-c3ccccc3C)nc2c1. The molecule has 3 aromatic rings. The lowest BCUT2D eigenvalue weighted by Gasteiger charge is -2.39. The summed E-state index contributed by atoms with van der Waals surface area (Å²) in [6, 6.07) is 13.7. The first kappa shape index (κ1) is 23.0. The Morgan fingerprint density at radius 3 is 2.30 bits per heavy atom. The van der Waals surface area contributed by atoms with Gasteiger partial charge in [-0.05, 0) is 44.0 Å². The van der Waals surface area contributed by atoms with E-state index in [1.54, 1.807) is 0 Å². The lowest BCUT2D eigenvalue weighted by atomic mass is 10.0. The predicted octanol–water partition coefficient (Wildman–Crippen LogP) is 3.88. The van der Waals surface area contributed by atoms with E-state index in [4.69, 9.17) is 9.97 Å². The molecule has 9 heteroatoms. The molecule has 1 N–H and O–H groups in total. The van der Waals surface area contributed by atoms with Crippen molar-refractivity contribution >= 4 is 22.6 Å². The fraction of sp³-hybridized carbons (Fsp3) is 0.375. The number of rotatable bonds is 3. The number of hydrogen-bond donors (Lipinski definition) is 1. The number of fused-ring (bicyclic) bond motifs is 1. The predicted molar refractivity (Wildman–Crippen MR) is 120 cm³/mol. The Hall–Kier alpha value is -3.20. The molecule has 1 aromatic heterocycles. The van der Waals surface area contributed by atoms with Gasteiger partial charge in [0.1, 0.15) is 5.82 Å². The summed E-state index contributed by atoms with van der Waals surface area (Å²) in [5.74, 6) is -0.0916. The molecule has 1 aliphatic heterocycles. The summed E-state index contributed by atoms with van der Waals surface area (Å²) in [6.07, 6.45) is -5.04. The van der Waals surface area contributed by atoms with Gasteiger partial charge in [-0.2, -0.15) is 13.2 Å². The van der Waals surface area contributed by atoms with E-state index in [2.05, 4.69) is 0 Å². The van der Waals surface area contributed by atoms with Gasteiger partial charge >= 0.3 is 6.18 Å². The van der Waals surface area contributed by atoms with Crippen molar-refractivity contribution in [2.75, 3.05) is 31.1 Å². The molecule has 1 aliphatic rings. The molecule has 1 amide bonds. The third kappa shape index (κ3) is 4.25. The highest BCUT2D eigenvalue weighted by atomic mass is 19.4. The molecule has 0 spiro atoms. The van der Waals surface area contributed by atoms with Crippen LogP contribution in [0.15, 0.2) is 42.5 Å². The molecule has 2 aromatic carbocycles. The molecule has 33 heavy (non-hydrogen) atoms. The Labute approximate surface area is 189 Å². The van der Waals surface area contributed by atoms with Crippen LogP contribution in [0.5, 0.6) is 0 Å². The number of carbonyl (C=O) groups excluding carboxylic acids is 1. The first-order chi connectivity index (χ1) is 15.5. The second-order valence-corrected chi connectivity index (χ2v) is 8.56. The number of anilines is 1. The minimum absolute atomic E-state index is 0.0438. The molecule has 1 atom stereocenters. The summed E-state index contributed by atoms with van der Waals surface area (Å²) < 4.78 is 39.3. The Kier molecular flexibility index (Phi) is 5.78. The van der Waals surface area contributed by atoms with Crippen LogP contribution in [-0.4, -0.2) is 63.8 Å². The van der Waals surface area contributed by atoms with Gasteiger partial charge in [0, 0.05) is 37.1 Å². The first-order valence-corrected chi connectivity index (χ1v) is 10.7. The van der Waals surface area contributed by atoms with Gasteiger partial charge < -0.3 is 14.9 Å². The van der Waals surface area contributed by atoms with Crippen molar-refractivity contribution < 1.29 is 23.1 Å². The topological polar surface area (TPSA) is 69.6 Å². The van der Waals surface area contributed by atoms with Crippen molar-refractivity contribution in [3.63, 3.8) is 0 Å². The molecule has 0 saturated carbocycles. The first-order valence-electron chi connectivity index (χ1n) is 10.7. The Bertz CT molecular complexity index is 1200. The number of aromatic nitrogens is 2. The third-order valence-electron chi connectivity index (χ3n) is 6.05. The summed E-state index contributed by atoms with van der Waals surface area (Å²) in [7, 11) is 0. The van der Waals surface area contributed by atoms with Crippen molar-refractivity contribution in [3.8, 4) is 11.4 Å². The third-order valence-corrected chi connectivity index (χ3v) is 6.05. The van der Waals surface area contributed by atoms with Crippen molar-refractivity contribution in [3.05, 3.63) is 53.6 Å². The van der Waals surface area contributed by atoms with Crippen molar-refractivity contribution in [1.82, 2.24) is 14.9 Å². The molecular weight excluding hydrogens is 433 g/mol. The lowest BCUT2D eigenvalue weighted by Crippen LogP contribution is -2.60. The van der Waals surface area contributed by atoms with Crippen LogP contribution in [0.3, 0.4) is 0 Å². The van der Waals surface area contributed by atoms with E-state index in [1.807, 2.05) is 61.2 Å². The number of benzene rings is 2. The monoisotopic (exact) mass is 458 g/mol. The number of amides is 1. The molecule has 0 aliphatic carbocycles. The van der Waals surface area contributed by atoms with Crippen LogP contribution in [0.1, 0.15) is 18.1 Å². The molecule has 0 radical (unpaired) electrons. The molecule has 4 rings (SSSR count). The van der Waals surface area contributed by atoms with E-state index < -0.39 is 17.7 Å². The average molecular weight is 458 g/mol. The molecule has 1 saturated heterocycles. The van der Waals surface area contributed by atoms with Gasteiger partial charge in [-0.25, -0.2) is 9.97 Å². The Balaban J connectivity index is 1.67. The number of alkyl halides is 3. The maximum absolute atomic E-state index is 13.1. The van der Waals surface area contributed by atoms with Crippen molar-refractivity contribution in [2.45, 2.75) is 32.5 Å². The Morgan fingerprint density at radius 1 is 1.00 bits per heavy atom. The van der Waals surface area contributed by atoms with E-state index in [9.17, 15) is 23.1 Å². The molecule has 174 valence electrons. The standard InChI is InChI=1S/C24H25F3N4O2/c1-15-8-9-18-19(14-15)28-20(17-7-5-4-6-16(17)2)29-21(18)30-10-12-31(13-11-30)22(32)23(3,33)24(25,26)27/h4-9,14,33H,10-13H2,1-3H3. The highest BCUT2D eigenvalue weighted by molar-refractivity contribution is 5.92.